The Morgan fingerprint density at radius 3 is 2.85 bits per heavy atom. The van der Waals surface area contributed by atoms with Gasteiger partial charge in [0.1, 0.15) is 5.75 Å². The fraction of sp³-hybridized carbons (Fsp3) is 0.267. The first-order valence-electron chi connectivity index (χ1n) is 6.19. The van der Waals surface area contributed by atoms with E-state index in [4.69, 9.17) is 22.1 Å². The van der Waals surface area contributed by atoms with Crippen LogP contribution in [0.4, 0.5) is 0 Å². The molecule has 0 radical (unpaired) electrons. The van der Waals surface area contributed by atoms with Crippen molar-refractivity contribution in [3.8, 4) is 17.6 Å². The molecule has 0 saturated carbocycles. The van der Waals surface area contributed by atoms with Gasteiger partial charge in [-0.05, 0) is 24.6 Å². The second-order valence-corrected chi connectivity index (χ2v) is 4.71. The van der Waals surface area contributed by atoms with E-state index < -0.39 is 0 Å². The molecule has 0 unspecified atom stereocenters. The summed E-state index contributed by atoms with van der Waals surface area (Å²) in [5.41, 5.74) is 8.13. The Kier molecular flexibility index (Phi) is 4.67. The largest absolute Gasteiger partial charge is 0.495 e. The van der Waals surface area contributed by atoms with E-state index in [0.29, 0.717) is 18.1 Å². The molecule has 1 aromatic carbocycles. The molecular weight excluding hydrogens is 274 g/mol. The summed E-state index contributed by atoms with van der Waals surface area (Å²) in [6.07, 6.45) is 1.81. The molecule has 104 valence electrons. The summed E-state index contributed by atoms with van der Waals surface area (Å²) in [4.78, 5) is 0. The zero-order valence-electron chi connectivity index (χ0n) is 11.5. The van der Waals surface area contributed by atoms with Crippen LogP contribution in [-0.2, 0) is 6.54 Å². The molecule has 2 aromatic rings. The lowest BCUT2D eigenvalue weighted by Gasteiger charge is -2.07. The maximum atomic E-state index is 6.00. The maximum Gasteiger partial charge on any atom is 0.134 e. The van der Waals surface area contributed by atoms with E-state index >= 15 is 0 Å². The smallest absolute Gasteiger partial charge is 0.134 e. The normalized spacial score (nSPS) is 10.0. The molecule has 0 fully saturated rings. The minimum absolute atomic E-state index is 0.321. The monoisotopic (exact) mass is 289 g/mol. The van der Waals surface area contributed by atoms with Crippen LogP contribution >= 0.6 is 11.6 Å². The first kappa shape index (κ1) is 14.4. The van der Waals surface area contributed by atoms with Gasteiger partial charge in [0.2, 0.25) is 0 Å². The number of methoxy groups -OCH3 is 1. The number of halogens is 1. The summed E-state index contributed by atoms with van der Waals surface area (Å²) >= 11 is 6.00. The van der Waals surface area contributed by atoms with Crippen molar-refractivity contribution in [3.05, 3.63) is 46.2 Å². The van der Waals surface area contributed by atoms with Crippen LogP contribution in [0.5, 0.6) is 5.75 Å². The highest BCUT2D eigenvalue weighted by atomic mass is 35.5. The highest BCUT2D eigenvalue weighted by Gasteiger charge is 2.05. The van der Waals surface area contributed by atoms with Gasteiger partial charge in [-0.1, -0.05) is 29.5 Å². The predicted octanol–water partition coefficient (Wildman–Crippen LogP) is 2.21. The minimum Gasteiger partial charge on any atom is -0.495 e. The number of nitrogens with zero attached hydrogens (tertiary/aromatic N) is 2. The number of hydrogen-bond donors (Lipinski definition) is 1. The van der Waals surface area contributed by atoms with Crippen LogP contribution in [0.25, 0.3) is 0 Å². The lowest BCUT2D eigenvalue weighted by molar-refractivity contribution is 0.413. The van der Waals surface area contributed by atoms with Gasteiger partial charge in [-0.25, -0.2) is 0 Å². The lowest BCUT2D eigenvalue weighted by Crippen LogP contribution is -2.01. The van der Waals surface area contributed by atoms with Crippen molar-refractivity contribution < 1.29 is 4.74 Å². The quantitative estimate of drug-likeness (QED) is 0.882. The summed E-state index contributed by atoms with van der Waals surface area (Å²) in [6.45, 7) is 2.83. The van der Waals surface area contributed by atoms with Crippen LogP contribution in [0.15, 0.2) is 24.4 Å². The van der Waals surface area contributed by atoms with Crippen LogP contribution < -0.4 is 10.5 Å². The highest BCUT2D eigenvalue weighted by Crippen LogP contribution is 2.20. The second-order valence-electron chi connectivity index (χ2n) is 4.30. The van der Waals surface area contributed by atoms with Gasteiger partial charge in [0.25, 0.3) is 0 Å². The van der Waals surface area contributed by atoms with Crippen molar-refractivity contribution in [1.29, 1.82) is 0 Å². The van der Waals surface area contributed by atoms with E-state index in [2.05, 4.69) is 16.9 Å². The van der Waals surface area contributed by atoms with Crippen molar-refractivity contribution in [2.45, 2.75) is 13.5 Å². The summed E-state index contributed by atoms with van der Waals surface area (Å²) in [5.74, 6) is 6.59. The van der Waals surface area contributed by atoms with Gasteiger partial charge < -0.3 is 10.5 Å². The molecule has 2 N–H and O–H groups in total. The molecule has 0 aliphatic heterocycles. The Morgan fingerprint density at radius 1 is 1.45 bits per heavy atom. The number of nitrogens with two attached hydrogens (primary N) is 1. The number of rotatable bonds is 3. The van der Waals surface area contributed by atoms with Crippen molar-refractivity contribution in [3.63, 3.8) is 0 Å². The zero-order chi connectivity index (χ0) is 14.5. The molecule has 1 aromatic heterocycles. The zero-order valence-corrected chi connectivity index (χ0v) is 12.2. The Morgan fingerprint density at radius 2 is 2.25 bits per heavy atom. The standard InChI is InChI=1S/C15H16ClN3O/c1-11-14(16)10-19(18-11)9-12-5-6-15(20-2)13(8-12)4-3-7-17/h5-6,8,10H,7,9,17H2,1-2H3. The Bertz CT molecular complexity index is 648. The van der Waals surface area contributed by atoms with Crippen LogP contribution in [0.3, 0.4) is 0 Å². The molecule has 4 nitrogen and oxygen atoms in total. The molecule has 20 heavy (non-hydrogen) atoms. The number of aryl methyl sites for hydroxylation is 1. The predicted molar refractivity (Wildman–Crippen MR) is 80.0 cm³/mol. The van der Waals surface area contributed by atoms with Crippen LogP contribution in [0.1, 0.15) is 16.8 Å². The van der Waals surface area contributed by atoms with Gasteiger partial charge >= 0.3 is 0 Å². The molecule has 0 saturated heterocycles. The lowest BCUT2D eigenvalue weighted by atomic mass is 10.1. The molecule has 0 atom stereocenters. The fourth-order valence-corrected chi connectivity index (χ4v) is 2.01. The van der Waals surface area contributed by atoms with Crippen LogP contribution in [0.2, 0.25) is 5.02 Å². The summed E-state index contributed by atoms with van der Waals surface area (Å²) in [6, 6.07) is 5.86. The Balaban J connectivity index is 2.28. The number of hydrogen-bond acceptors (Lipinski definition) is 3. The van der Waals surface area contributed by atoms with Gasteiger partial charge in [0.05, 0.1) is 36.5 Å². The first-order chi connectivity index (χ1) is 9.63. The Hall–Kier alpha value is -1.96. The Labute approximate surface area is 123 Å². The van der Waals surface area contributed by atoms with Gasteiger partial charge in [0.15, 0.2) is 0 Å². The topological polar surface area (TPSA) is 53.1 Å². The van der Waals surface area contributed by atoms with Crippen molar-refractivity contribution in [1.82, 2.24) is 9.78 Å². The van der Waals surface area contributed by atoms with Gasteiger partial charge in [0, 0.05) is 6.20 Å². The van der Waals surface area contributed by atoms with E-state index in [-0.39, 0.29) is 0 Å². The summed E-state index contributed by atoms with van der Waals surface area (Å²) in [7, 11) is 1.62. The molecule has 0 aliphatic carbocycles. The van der Waals surface area contributed by atoms with E-state index in [1.807, 2.05) is 31.3 Å². The van der Waals surface area contributed by atoms with Gasteiger partial charge in [-0.3, -0.25) is 4.68 Å². The van der Waals surface area contributed by atoms with E-state index in [1.165, 1.54) is 0 Å². The summed E-state index contributed by atoms with van der Waals surface area (Å²) < 4.78 is 7.09. The molecule has 1 heterocycles. The van der Waals surface area contributed by atoms with Crippen LogP contribution in [0, 0.1) is 18.8 Å². The molecule has 5 heteroatoms. The molecule has 0 aliphatic rings. The summed E-state index contributed by atoms with van der Waals surface area (Å²) in [5, 5.41) is 5.01. The average molecular weight is 290 g/mol. The van der Waals surface area contributed by atoms with Crippen LogP contribution in [-0.4, -0.2) is 23.4 Å². The van der Waals surface area contributed by atoms with E-state index in [0.717, 1.165) is 22.6 Å². The minimum atomic E-state index is 0.321. The SMILES string of the molecule is COc1ccc(Cn2cc(Cl)c(C)n2)cc1C#CCN. The van der Waals surface area contributed by atoms with E-state index in [1.54, 1.807) is 11.8 Å². The van der Waals surface area contributed by atoms with E-state index in [9.17, 15) is 0 Å². The number of ether oxygens (including phenoxy) is 1. The molecule has 0 bridgehead atoms. The maximum absolute atomic E-state index is 6.00. The third-order valence-electron chi connectivity index (χ3n) is 2.82. The first-order valence-corrected chi connectivity index (χ1v) is 6.57. The highest BCUT2D eigenvalue weighted by molar-refractivity contribution is 6.31. The fourth-order valence-electron chi connectivity index (χ4n) is 1.86. The molecule has 2 rings (SSSR count). The number of benzene rings is 1. The van der Waals surface area contributed by atoms with Crippen molar-refractivity contribution in [2.24, 2.45) is 5.73 Å². The number of aromatic nitrogens is 2. The van der Waals surface area contributed by atoms with Gasteiger partial charge in [-0.15, -0.1) is 0 Å². The van der Waals surface area contributed by atoms with Crippen molar-refractivity contribution in [2.75, 3.05) is 13.7 Å². The van der Waals surface area contributed by atoms with Crippen molar-refractivity contribution >= 4 is 11.6 Å². The average Bonchev–Trinajstić information content (AvgIpc) is 2.75. The second kappa shape index (κ2) is 6.47. The third-order valence-corrected chi connectivity index (χ3v) is 3.19. The molecule has 0 amide bonds. The molecule has 0 spiro atoms. The third kappa shape index (κ3) is 3.32. The van der Waals surface area contributed by atoms with Gasteiger partial charge in [-0.2, -0.15) is 5.10 Å². The molecular formula is C15H16ClN3O.